The van der Waals surface area contributed by atoms with Gasteiger partial charge in [-0.25, -0.2) is 0 Å². The second kappa shape index (κ2) is 5.65. The van der Waals surface area contributed by atoms with Crippen molar-refractivity contribution in [3.05, 3.63) is 0 Å². The maximum absolute atomic E-state index is 10.5. The Labute approximate surface area is 104 Å². The van der Waals surface area contributed by atoms with E-state index in [1.807, 2.05) is 0 Å². The number of ether oxygens (including phenoxy) is 2. The summed E-state index contributed by atoms with van der Waals surface area (Å²) in [5.41, 5.74) is 0. The van der Waals surface area contributed by atoms with E-state index in [9.17, 15) is 5.11 Å². The van der Waals surface area contributed by atoms with Gasteiger partial charge in [0.15, 0.2) is 0 Å². The topological polar surface area (TPSA) is 41.9 Å². The summed E-state index contributed by atoms with van der Waals surface area (Å²) in [5, 5.41) is 10.5. The molecule has 2 aliphatic heterocycles. The number of rotatable bonds is 2. The zero-order valence-electron chi connectivity index (χ0n) is 11.1. The van der Waals surface area contributed by atoms with Crippen molar-refractivity contribution in [1.82, 2.24) is 4.90 Å². The molecule has 0 aromatic heterocycles. The van der Waals surface area contributed by atoms with Gasteiger partial charge in [-0.3, -0.25) is 4.90 Å². The van der Waals surface area contributed by atoms with E-state index < -0.39 is 0 Å². The Morgan fingerprint density at radius 2 is 1.88 bits per heavy atom. The van der Waals surface area contributed by atoms with E-state index in [4.69, 9.17) is 9.47 Å². The summed E-state index contributed by atoms with van der Waals surface area (Å²) >= 11 is 0. The summed E-state index contributed by atoms with van der Waals surface area (Å²) in [6, 6.07) is 0.232. The number of nitrogens with zero attached hydrogens (tertiary/aromatic N) is 1. The highest BCUT2D eigenvalue weighted by Crippen LogP contribution is 2.28. The van der Waals surface area contributed by atoms with Gasteiger partial charge in [-0.15, -0.1) is 0 Å². The lowest BCUT2D eigenvalue weighted by Crippen LogP contribution is -2.58. The summed E-state index contributed by atoms with van der Waals surface area (Å²) in [6.45, 7) is 9.76. The molecule has 0 spiro atoms. The minimum Gasteiger partial charge on any atom is -0.389 e. The van der Waals surface area contributed by atoms with Crippen LogP contribution in [0.5, 0.6) is 0 Å². The molecule has 2 heterocycles. The average Bonchev–Trinajstić information content (AvgIpc) is 2.32. The van der Waals surface area contributed by atoms with Crippen molar-refractivity contribution in [3.8, 4) is 0 Å². The molecule has 2 rings (SSSR count). The zero-order chi connectivity index (χ0) is 12.4. The van der Waals surface area contributed by atoms with Crippen molar-refractivity contribution in [2.24, 2.45) is 5.92 Å². The maximum atomic E-state index is 10.5. The van der Waals surface area contributed by atoms with Crippen LogP contribution in [0, 0.1) is 5.92 Å². The quantitative estimate of drug-likeness (QED) is 0.782. The lowest BCUT2D eigenvalue weighted by molar-refractivity contribution is -0.169. The summed E-state index contributed by atoms with van der Waals surface area (Å²) in [5.74, 6) is 0.358. The summed E-state index contributed by atoms with van der Waals surface area (Å²) < 4.78 is 11.2. The smallest absolute Gasteiger partial charge is 0.0960 e. The summed E-state index contributed by atoms with van der Waals surface area (Å²) in [4.78, 5) is 2.36. The molecule has 0 aliphatic carbocycles. The van der Waals surface area contributed by atoms with Crippen LogP contribution in [0.25, 0.3) is 0 Å². The molecule has 17 heavy (non-hydrogen) atoms. The Kier molecular flexibility index (Phi) is 4.42. The molecule has 0 radical (unpaired) electrons. The Morgan fingerprint density at radius 1 is 1.24 bits per heavy atom. The van der Waals surface area contributed by atoms with E-state index in [2.05, 4.69) is 25.7 Å². The largest absolute Gasteiger partial charge is 0.389 e. The van der Waals surface area contributed by atoms with Crippen LogP contribution < -0.4 is 0 Å². The Balaban J connectivity index is 2.03. The molecule has 0 aromatic rings. The molecule has 0 amide bonds. The molecule has 2 aliphatic rings. The molecule has 100 valence electrons. The summed E-state index contributed by atoms with van der Waals surface area (Å²) in [6.07, 6.45) is 0.749. The van der Waals surface area contributed by atoms with Gasteiger partial charge in [0.2, 0.25) is 0 Å². The van der Waals surface area contributed by atoms with E-state index in [0.717, 1.165) is 32.7 Å². The minimum absolute atomic E-state index is 0.0356. The fourth-order valence-corrected chi connectivity index (χ4v) is 2.93. The normalized spacial score (nSPS) is 40.8. The van der Waals surface area contributed by atoms with Crippen molar-refractivity contribution in [3.63, 3.8) is 0 Å². The number of aliphatic hydroxyl groups excluding tert-OH is 1. The average molecular weight is 243 g/mol. The van der Waals surface area contributed by atoms with Gasteiger partial charge in [0.1, 0.15) is 0 Å². The first-order chi connectivity index (χ1) is 8.09. The molecule has 0 aromatic carbocycles. The van der Waals surface area contributed by atoms with E-state index in [1.165, 1.54) is 0 Å². The van der Waals surface area contributed by atoms with Crippen molar-refractivity contribution in [2.45, 2.75) is 51.5 Å². The van der Waals surface area contributed by atoms with Crippen LogP contribution >= 0.6 is 0 Å². The second-order valence-corrected chi connectivity index (χ2v) is 5.60. The molecule has 0 saturated carbocycles. The maximum Gasteiger partial charge on any atom is 0.0960 e. The first-order valence-corrected chi connectivity index (χ1v) is 6.75. The lowest BCUT2D eigenvalue weighted by Gasteiger charge is -2.46. The van der Waals surface area contributed by atoms with Gasteiger partial charge in [0, 0.05) is 19.1 Å². The number of aliphatic hydroxyl groups is 1. The fourth-order valence-electron chi connectivity index (χ4n) is 2.93. The van der Waals surface area contributed by atoms with Crippen molar-refractivity contribution >= 4 is 0 Å². The molecule has 4 nitrogen and oxygen atoms in total. The van der Waals surface area contributed by atoms with Gasteiger partial charge >= 0.3 is 0 Å². The molecule has 2 saturated heterocycles. The monoisotopic (exact) mass is 243 g/mol. The Morgan fingerprint density at radius 3 is 2.47 bits per heavy atom. The third-order valence-electron chi connectivity index (χ3n) is 3.87. The molecular weight excluding hydrogens is 218 g/mol. The van der Waals surface area contributed by atoms with Gasteiger partial charge in [0.25, 0.3) is 0 Å². The van der Waals surface area contributed by atoms with Crippen LogP contribution in [-0.4, -0.2) is 60.7 Å². The Bertz CT molecular complexity index is 241. The Hall–Kier alpha value is -0.160. The lowest BCUT2D eigenvalue weighted by atomic mass is 9.88. The van der Waals surface area contributed by atoms with Crippen LogP contribution in [0.3, 0.4) is 0 Å². The number of hydrogen-bond donors (Lipinski definition) is 1. The van der Waals surface area contributed by atoms with E-state index >= 15 is 0 Å². The van der Waals surface area contributed by atoms with E-state index in [0.29, 0.717) is 5.92 Å². The molecule has 4 heteroatoms. The van der Waals surface area contributed by atoms with Crippen LogP contribution in [-0.2, 0) is 9.47 Å². The summed E-state index contributed by atoms with van der Waals surface area (Å²) in [7, 11) is 0. The molecular formula is C13H25NO3. The first kappa shape index (κ1) is 13.3. The highest BCUT2D eigenvalue weighted by Gasteiger charge is 2.40. The van der Waals surface area contributed by atoms with Crippen LogP contribution in [0.2, 0.25) is 0 Å². The second-order valence-electron chi connectivity index (χ2n) is 5.60. The highest BCUT2D eigenvalue weighted by atomic mass is 16.5. The molecule has 4 atom stereocenters. The van der Waals surface area contributed by atoms with Crippen molar-refractivity contribution in [1.29, 1.82) is 0 Å². The van der Waals surface area contributed by atoms with Crippen molar-refractivity contribution < 1.29 is 14.6 Å². The minimum atomic E-state index is -0.371. The van der Waals surface area contributed by atoms with E-state index in [1.54, 1.807) is 0 Å². The number of morpholine rings is 1. The van der Waals surface area contributed by atoms with Crippen molar-refractivity contribution in [2.75, 3.05) is 26.3 Å². The number of hydrogen-bond acceptors (Lipinski definition) is 4. The van der Waals surface area contributed by atoms with Crippen LogP contribution in [0.4, 0.5) is 0 Å². The third kappa shape index (κ3) is 2.99. The standard InChI is InChI=1S/C13H25NO3/c1-9(2)13-12(15)11(8-10(3)17-13)14-4-6-16-7-5-14/h9-13,15H,4-8H2,1-3H3/t10-,11+,12-,13+/m1/s1. The SMILES string of the molecule is CC(C)[C@@H]1O[C@H](C)C[C@H](N2CCOCC2)[C@H]1O. The first-order valence-electron chi connectivity index (χ1n) is 6.75. The molecule has 0 bridgehead atoms. The highest BCUT2D eigenvalue weighted by molar-refractivity contribution is 4.92. The molecule has 0 unspecified atom stereocenters. The zero-order valence-corrected chi connectivity index (χ0v) is 11.1. The van der Waals surface area contributed by atoms with Gasteiger partial charge in [0.05, 0.1) is 31.5 Å². The van der Waals surface area contributed by atoms with Gasteiger partial charge in [-0.1, -0.05) is 13.8 Å². The van der Waals surface area contributed by atoms with Gasteiger partial charge in [-0.05, 0) is 19.3 Å². The van der Waals surface area contributed by atoms with Crippen LogP contribution in [0.15, 0.2) is 0 Å². The van der Waals surface area contributed by atoms with Crippen LogP contribution in [0.1, 0.15) is 27.2 Å². The predicted molar refractivity (Wildman–Crippen MR) is 66.0 cm³/mol. The van der Waals surface area contributed by atoms with Gasteiger partial charge < -0.3 is 14.6 Å². The van der Waals surface area contributed by atoms with E-state index in [-0.39, 0.29) is 24.4 Å². The predicted octanol–water partition coefficient (Wildman–Crippen LogP) is 0.881. The molecule has 1 N–H and O–H groups in total. The molecule has 2 fully saturated rings. The fraction of sp³-hybridized carbons (Fsp3) is 1.00. The van der Waals surface area contributed by atoms with Gasteiger partial charge in [-0.2, -0.15) is 0 Å². The third-order valence-corrected chi connectivity index (χ3v) is 3.87.